The third-order valence-corrected chi connectivity index (χ3v) is 23.7. The van der Waals surface area contributed by atoms with Crippen LogP contribution in [0.15, 0.2) is 48.5 Å². The number of benzene rings is 2. The Morgan fingerprint density at radius 2 is 0.957 bits per heavy atom. The summed E-state index contributed by atoms with van der Waals surface area (Å²) in [5.74, 6) is 0.334. The van der Waals surface area contributed by atoms with Crippen LogP contribution in [0.25, 0.3) is 20.4 Å². The van der Waals surface area contributed by atoms with Crippen molar-refractivity contribution in [1.29, 1.82) is 0 Å². The van der Waals surface area contributed by atoms with Gasteiger partial charge in [0.2, 0.25) is 0 Å². The first-order valence-corrected chi connectivity index (χ1v) is 24.8. The number of nitrogens with zero attached hydrogens (tertiary/aromatic N) is 2. The first-order valence-electron chi connectivity index (χ1n) is 16.0. The topological polar surface area (TPSA) is 81.2 Å². The van der Waals surface area contributed by atoms with Crippen LogP contribution in [0.2, 0.25) is 11.1 Å². The van der Waals surface area contributed by atoms with E-state index in [-0.39, 0.29) is 22.9 Å². The fourth-order valence-electron chi connectivity index (χ4n) is 7.58. The normalized spacial score (nSPS) is 25.9. The molecule has 0 radical (unpaired) electrons. The van der Waals surface area contributed by atoms with Gasteiger partial charge in [-0.1, -0.05) is 58.7 Å². The predicted octanol–water partition coefficient (Wildman–Crippen LogP) is 9.40. The van der Waals surface area contributed by atoms with Crippen molar-refractivity contribution in [1.82, 2.24) is 9.97 Å². The Hall–Kier alpha value is -0.536. The van der Waals surface area contributed by atoms with Gasteiger partial charge < -0.3 is 26.6 Å². The molecule has 0 amide bonds. The largest absolute Gasteiger partial charge is 0.504 e. The van der Waals surface area contributed by atoms with Crippen LogP contribution in [-0.4, -0.2) is 80.7 Å². The van der Waals surface area contributed by atoms with E-state index in [0.717, 1.165) is 59.6 Å². The molecule has 47 heavy (non-hydrogen) atoms. The molecular formula is C32H44N2O6S5Si2. The van der Waals surface area contributed by atoms with Gasteiger partial charge in [0.25, 0.3) is 0 Å². The fourth-order valence-corrected chi connectivity index (χ4v) is 22.2. The van der Waals surface area contributed by atoms with Crippen molar-refractivity contribution in [3.05, 3.63) is 58.5 Å². The van der Waals surface area contributed by atoms with E-state index >= 15 is 0 Å². The van der Waals surface area contributed by atoms with E-state index in [1.807, 2.05) is 31.4 Å². The van der Waals surface area contributed by atoms with Gasteiger partial charge in [0.05, 0.1) is 30.4 Å². The summed E-state index contributed by atoms with van der Waals surface area (Å²) in [5.41, 5.74) is 2.37. The van der Waals surface area contributed by atoms with Crippen LogP contribution >= 0.6 is 54.1 Å². The number of thiazole rings is 2. The summed E-state index contributed by atoms with van der Waals surface area (Å²) < 4.78 is 39.2. The van der Waals surface area contributed by atoms with Gasteiger partial charge in [-0.25, -0.2) is 9.97 Å². The third-order valence-electron chi connectivity index (χ3n) is 9.81. The zero-order valence-corrected chi connectivity index (χ0v) is 33.8. The summed E-state index contributed by atoms with van der Waals surface area (Å²) in [6.45, 7) is 0. The number of hydrogen-bond acceptors (Lipinski definition) is 13. The molecule has 6 unspecified atom stereocenters. The van der Waals surface area contributed by atoms with Crippen molar-refractivity contribution in [2.45, 2.75) is 71.9 Å². The lowest BCUT2D eigenvalue weighted by atomic mass is 9.88. The van der Waals surface area contributed by atoms with Crippen molar-refractivity contribution >= 4 is 92.1 Å². The Balaban J connectivity index is 1.28. The Morgan fingerprint density at radius 3 is 1.32 bits per heavy atom. The molecule has 2 aromatic carbocycles. The molecule has 2 fully saturated rings. The van der Waals surface area contributed by atoms with Crippen molar-refractivity contribution in [3.63, 3.8) is 0 Å². The first-order chi connectivity index (χ1) is 23.0. The van der Waals surface area contributed by atoms with E-state index in [1.165, 1.54) is 9.40 Å². The molecule has 2 heterocycles. The lowest BCUT2D eigenvalue weighted by Crippen LogP contribution is -2.52. The van der Waals surface area contributed by atoms with Gasteiger partial charge in [0.15, 0.2) is 0 Å². The van der Waals surface area contributed by atoms with Gasteiger partial charge in [-0.15, -0.1) is 22.7 Å². The monoisotopic (exact) mass is 768 g/mol. The minimum Gasteiger partial charge on any atom is -0.377 e. The summed E-state index contributed by atoms with van der Waals surface area (Å²) in [4.78, 5) is 10.4. The maximum atomic E-state index is 6.13. The van der Waals surface area contributed by atoms with Crippen LogP contribution in [0.4, 0.5) is 0 Å². The van der Waals surface area contributed by atoms with Crippen LogP contribution in [-0.2, 0) is 26.6 Å². The van der Waals surface area contributed by atoms with Gasteiger partial charge in [-0.3, -0.25) is 0 Å². The van der Waals surface area contributed by atoms with Crippen molar-refractivity contribution in [2.75, 3.05) is 42.7 Å². The second-order valence-corrected chi connectivity index (χ2v) is 24.9. The molecule has 0 bridgehead atoms. The average Bonchev–Trinajstić information content (AvgIpc) is 3.75. The molecule has 15 heteroatoms. The van der Waals surface area contributed by atoms with Crippen LogP contribution < -0.4 is 0 Å². The van der Waals surface area contributed by atoms with E-state index in [1.54, 1.807) is 65.3 Å². The quantitative estimate of drug-likeness (QED) is 0.0910. The molecule has 2 aliphatic carbocycles. The van der Waals surface area contributed by atoms with E-state index < -0.39 is 17.6 Å². The van der Waals surface area contributed by atoms with Gasteiger partial charge in [0.1, 0.15) is 0 Å². The third kappa shape index (κ3) is 7.17. The van der Waals surface area contributed by atoms with Crippen molar-refractivity contribution < 1.29 is 26.6 Å². The molecular weight excluding hydrogens is 725 g/mol. The summed E-state index contributed by atoms with van der Waals surface area (Å²) in [6.07, 6.45) is 6.42. The summed E-state index contributed by atoms with van der Waals surface area (Å²) in [6, 6.07) is 16.9. The van der Waals surface area contributed by atoms with Crippen molar-refractivity contribution in [3.8, 4) is 0 Å². The Morgan fingerprint density at radius 1 is 0.574 bits per heavy atom. The predicted molar refractivity (Wildman–Crippen MR) is 204 cm³/mol. The highest BCUT2D eigenvalue weighted by Gasteiger charge is 2.57. The van der Waals surface area contributed by atoms with Crippen LogP contribution in [0, 0.1) is 0 Å². The molecule has 256 valence electrons. The number of aromatic nitrogens is 2. The summed E-state index contributed by atoms with van der Waals surface area (Å²) >= 11 is 3.60. The van der Waals surface area contributed by atoms with Gasteiger partial charge in [-0.2, -0.15) is 0 Å². The maximum absolute atomic E-state index is 6.13. The number of fused-ring (bicyclic) bond motifs is 2. The van der Waals surface area contributed by atoms with E-state index in [9.17, 15) is 0 Å². The van der Waals surface area contributed by atoms with Crippen molar-refractivity contribution in [2.24, 2.45) is 0 Å². The van der Waals surface area contributed by atoms with Crippen LogP contribution in [0.1, 0.15) is 60.4 Å². The molecule has 6 atom stereocenters. The Bertz CT molecular complexity index is 1410. The molecule has 4 aromatic rings. The van der Waals surface area contributed by atoms with E-state index in [4.69, 9.17) is 36.5 Å². The lowest BCUT2D eigenvalue weighted by Gasteiger charge is -2.43. The Kier molecular flexibility index (Phi) is 12.5. The van der Waals surface area contributed by atoms with Gasteiger partial charge >= 0.3 is 17.6 Å². The minimum absolute atomic E-state index is 0.131. The lowest BCUT2D eigenvalue weighted by molar-refractivity contribution is 0.100. The second kappa shape index (κ2) is 16.2. The first kappa shape index (κ1) is 36.3. The van der Waals surface area contributed by atoms with Gasteiger partial charge in [-0.05, 0) is 59.8 Å². The highest BCUT2D eigenvalue weighted by Crippen LogP contribution is 2.60. The molecule has 2 aliphatic rings. The van der Waals surface area contributed by atoms with Crippen LogP contribution in [0.5, 0.6) is 0 Å². The number of hydrogen-bond donors (Lipinski definition) is 0. The number of para-hydroxylation sites is 2. The van der Waals surface area contributed by atoms with Gasteiger partial charge in [0, 0.05) is 76.1 Å². The zero-order chi connectivity index (χ0) is 33.0. The standard InChI is InChI=1S/C32H44N2O6S5Si2/c1-35-46(36-2,37-3)27-19-11-17-25(29(27)31-33-21-13-7-9-15-23(21)41-31)43-45-44-26-18-12-20-28(47(38-4,39-5)40-6)30(26)32-34-22-14-8-10-16-24(22)42-32/h7-10,13-16,25-30H,11-12,17-20H2,1-6H3. The minimum atomic E-state index is -2.95. The second-order valence-electron chi connectivity index (χ2n) is 11.9. The van der Waals surface area contributed by atoms with E-state index in [2.05, 4.69) is 48.5 Å². The zero-order valence-electron chi connectivity index (χ0n) is 27.7. The Labute approximate surface area is 299 Å². The maximum Gasteiger partial charge on any atom is 0.504 e. The molecule has 0 spiro atoms. The molecule has 0 aliphatic heterocycles. The fraction of sp³-hybridized carbons (Fsp3) is 0.562. The highest BCUT2D eigenvalue weighted by molar-refractivity contribution is 9.09. The highest BCUT2D eigenvalue weighted by atomic mass is 33.5. The molecule has 6 rings (SSSR count). The summed E-state index contributed by atoms with van der Waals surface area (Å²) in [5, 5.41) is 2.99. The molecule has 8 nitrogen and oxygen atoms in total. The smallest absolute Gasteiger partial charge is 0.377 e. The SMILES string of the molecule is CO[Si](OC)(OC)C1CCCC(SSSC2CCCC([Si](OC)(OC)OC)C2c2nc3ccccc3s2)C1c1nc2ccccc2s1. The molecule has 2 saturated carbocycles. The molecule has 2 aromatic heterocycles. The average molecular weight is 769 g/mol. The molecule has 0 saturated heterocycles. The molecule has 0 N–H and O–H groups in total. The van der Waals surface area contributed by atoms with Crippen LogP contribution in [0.3, 0.4) is 0 Å². The number of rotatable bonds is 14. The van der Waals surface area contributed by atoms with E-state index in [0.29, 0.717) is 10.5 Å². The summed E-state index contributed by atoms with van der Waals surface area (Å²) in [7, 11) is 10.4.